The van der Waals surface area contributed by atoms with Crippen LogP contribution in [0.5, 0.6) is 0 Å². The third-order valence-corrected chi connectivity index (χ3v) is 4.62. The second-order valence-electron chi connectivity index (χ2n) is 6.63. The zero-order valence-corrected chi connectivity index (χ0v) is 15.7. The highest BCUT2D eigenvalue weighted by Crippen LogP contribution is 2.20. The average Bonchev–Trinajstić information content (AvgIpc) is 2.66. The summed E-state index contributed by atoms with van der Waals surface area (Å²) in [6.07, 6.45) is 0. The van der Waals surface area contributed by atoms with Crippen molar-refractivity contribution in [2.45, 2.75) is 12.6 Å². The van der Waals surface area contributed by atoms with Crippen LogP contribution in [0.1, 0.15) is 22.0 Å². The average molecular weight is 385 g/mol. The minimum Gasteiger partial charge on any atom is -0.465 e. The largest absolute Gasteiger partial charge is 0.465 e. The quantitative estimate of drug-likeness (QED) is 0.679. The van der Waals surface area contributed by atoms with E-state index in [1.807, 2.05) is 4.90 Å². The molecule has 3 aromatic rings. The van der Waals surface area contributed by atoms with Crippen LogP contribution in [0.2, 0.25) is 0 Å². The van der Waals surface area contributed by atoms with Crippen LogP contribution < -0.4 is 11.2 Å². The Morgan fingerprint density at radius 3 is 2.61 bits per heavy atom. The highest BCUT2D eigenvalue weighted by molar-refractivity contribution is 5.93. The maximum Gasteiger partial charge on any atom is 0.337 e. The number of esters is 1. The van der Waals surface area contributed by atoms with Gasteiger partial charge in [0.25, 0.3) is 5.56 Å². The van der Waals surface area contributed by atoms with E-state index in [-0.39, 0.29) is 34.9 Å². The van der Waals surface area contributed by atoms with Gasteiger partial charge in [0, 0.05) is 0 Å². The first kappa shape index (κ1) is 19.5. The molecule has 7 nitrogen and oxygen atoms in total. The molecule has 2 aromatic carbocycles. The zero-order chi connectivity index (χ0) is 20.4. The summed E-state index contributed by atoms with van der Waals surface area (Å²) in [7, 11) is 4.83. The Balaban J connectivity index is 2.08. The number of rotatable bonds is 5. The standard InChI is InChI=1S/C20H20FN3O4/c1-23(2)17(12-5-4-6-14(21)9-12)11-24-18(25)15-8-7-13(19(26)28-3)10-16(15)22-20(24)27/h4-10,17H,11H2,1-3H3,(H,22,27)/t17-/m0/s1. The smallest absolute Gasteiger partial charge is 0.337 e. The van der Waals surface area contributed by atoms with Crippen molar-refractivity contribution in [3.8, 4) is 0 Å². The predicted molar refractivity (Wildman–Crippen MR) is 103 cm³/mol. The van der Waals surface area contributed by atoms with Crippen LogP contribution in [0.15, 0.2) is 52.1 Å². The normalized spacial score (nSPS) is 12.3. The molecule has 0 unspecified atom stereocenters. The molecule has 0 aliphatic carbocycles. The van der Waals surface area contributed by atoms with Crippen molar-refractivity contribution in [1.29, 1.82) is 0 Å². The molecule has 1 heterocycles. The number of nitrogens with one attached hydrogen (secondary N) is 1. The SMILES string of the molecule is COC(=O)c1ccc2c(=O)n(C[C@@H](c3cccc(F)c3)N(C)C)c(=O)[nH]c2c1. The summed E-state index contributed by atoms with van der Waals surface area (Å²) in [5.74, 6) is -0.954. The Morgan fingerprint density at radius 1 is 1.21 bits per heavy atom. The third-order valence-electron chi connectivity index (χ3n) is 4.62. The predicted octanol–water partition coefficient (Wildman–Crippen LogP) is 1.92. The number of fused-ring (bicyclic) bond motifs is 1. The van der Waals surface area contributed by atoms with Crippen molar-refractivity contribution < 1.29 is 13.9 Å². The number of aromatic nitrogens is 2. The van der Waals surface area contributed by atoms with Crippen LogP contribution in [0, 0.1) is 5.82 Å². The molecule has 0 aliphatic rings. The lowest BCUT2D eigenvalue weighted by atomic mass is 10.1. The Bertz CT molecular complexity index is 1150. The third kappa shape index (κ3) is 3.72. The van der Waals surface area contributed by atoms with Crippen molar-refractivity contribution in [3.05, 3.63) is 80.2 Å². The number of nitrogens with zero attached hydrogens (tertiary/aromatic N) is 2. The van der Waals surface area contributed by atoms with Crippen LogP contribution in [0.4, 0.5) is 4.39 Å². The second kappa shape index (κ2) is 7.77. The van der Waals surface area contributed by atoms with Crippen LogP contribution in [-0.4, -0.2) is 41.6 Å². The topological polar surface area (TPSA) is 84.4 Å². The molecule has 146 valence electrons. The van der Waals surface area contributed by atoms with Gasteiger partial charge in [-0.05, 0) is 50.0 Å². The highest BCUT2D eigenvalue weighted by atomic mass is 19.1. The first-order valence-electron chi connectivity index (χ1n) is 8.59. The molecule has 1 aromatic heterocycles. The van der Waals surface area contributed by atoms with Crippen molar-refractivity contribution in [1.82, 2.24) is 14.5 Å². The summed E-state index contributed by atoms with van der Waals surface area (Å²) >= 11 is 0. The molecule has 0 fully saturated rings. The molecule has 0 bridgehead atoms. The van der Waals surface area contributed by atoms with E-state index in [0.29, 0.717) is 5.56 Å². The van der Waals surface area contributed by atoms with E-state index in [0.717, 1.165) is 4.57 Å². The van der Waals surface area contributed by atoms with Gasteiger partial charge in [-0.3, -0.25) is 9.36 Å². The first-order chi connectivity index (χ1) is 13.3. The number of hydrogen-bond acceptors (Lipinski definition) is 5. The summed E-state index contributed by atoms with van der Waals surface area (Å²) in [5, 5.41) is 0.268. The Labute approximate surface area is 160 Å². The minimum absolute atomic E-state index is 0.0410. The monoisotopic (exact) mass is 385 g/mol. The Kier molecular flexibility index (Phi) is 5.41. The number of methoxy groups -OCH3 is 1. The molecule has 0 aliphatic heterocycles. The van der Waals surface area contributed by atoms with Gasteiger partial charge in [-0.1, -0.05) is 12.1 Å². The van der Waals surface area contributed by atoms with E-state index in [9.17, 15) is 18.8 Å². The fourth-order valence-corrected chi connectivity index (χ4v) is 3.12. The van der Waals surface area contributed by atoms with Crippen molar-refractivity contribution in [2.24, 2.45) is 0 Å². The lowest BCUT2D eigenvalue weighted by Gasteiger charge is -2.25. The van der Waals surface area contributed by atoms with Crippen LogP contribution in [0.25, 0.3) is 10.9 Å². The molecule has 8 heteroatoms. The summed E-state index contributed by atoms with van der Waals surface area (Å²) in [4.78, 5) is 41.6. The van der Waals surface area contributed by atoms with Crippen LogP contribution >= 0.6 is 0 Å². The lowest BCUT2D eigenvalue weighted by molar-refractivity contribution is 0.0601. The van der Waals surface area contributed by atoms with Crippen LogP contribution in [-0.2, 0) is 11.3 Å². The Hall–Kier alpha value is -3.26. The number of likely N-dealkylation sites (N-methyl/N-ethyl adjacent to an activating group) is 1. The maximum absolute atomic E-state index is 13.6. The molecule has 0 saturated heterocycles. The van der Waals surface area contributed by atoms with Crippen molar-refractivity contribution >= 4 is 16.9 Å². The van der Waals surface area contributed by atoms with Gasteiger partial charge in [-0.15, -0.1) is 0 Å². The van der Waals surface area contributed by atoms with Gasteiger partial charge < -0.3 is 14.6 Å². The lowest BCUT2D eigenvalue weighted by Crippen LogP contribution is -2.39. The number of benzene rings is 2. The molecule has 1 atom stereocenters. The van der Waals surface area contributed by atoms with E-state index >= 15 is 0 Å². The van der Waals surface area contributed by atoms with Gasteiger partial charge in [0.15, 0.2) is 0 Å². The minimum atomic E-state index is -0.609. The molecule has 0 amide bonds. The van der Waals surface area contributed by atoms with E-state index in [1.54, 1.807) is 26.2 Å². The van der Waals surface area contributed by atoms with Gasteiger partial charge in [-0.25, -0.2) is 14.0 Å². The fraction of sp³-hybridized carbons (Fsp3) is 0.250. The van der Waals surface area contributed by atoms with Gasteiger partial charge in [-0.2, -0.15) is 0 Å². The molecule has 0 saturated carbocycles. The van der Waals surface area contributed by atoms with E-state index < -0.39 is 17.2 Å². The molecule has 0 spiro atoms. The molecule has 3 rings (SSSR count). The summed E-state index contributed by atoms with van der Waals surface area (Å²) in [6.45, 7) is 0.0410. The van der Waals surface area contributed by atoms with Gasteiger partial charge in [0.2, 0.25) is 0 Å². The maximum atomic E-state index is 13.6. The Morgan fingerprint density at radius 2 is 1.96 bits per heavy atom. The molecular weight excluding hydrogens is 365 g/mol. The fourth-order valence-electron chi connectivity index (χ4n) is 3.12. The highest BCUT2D eigenvalue weighted by Gasteiger charge is 2.19. The number of hydrogen-bond donors (Lipinski definition) is 1. The summed E-state index contributed by atoms with van der Waals surface area (Å²) < 4.78 is 19.4. The molecule has 0 radical (unpaired) electrons. The summed E-state index contributed by atoms with van der Waals surface area (Å²) in [5.41, 5.74) is 0.0358. The van der Waals surface area contributed by atoms with Gasteiger partial charge >= 0.3 is 11.7 Å². The molecule has 1 N–H and O–H groups in total. The van der Waals surface area contributed by atoms with Crippen molar-refractivity contribution in [3.63, 3.8) is 0 Å². The van der Waals surface area contributed by atoms with Crippen molar-refractivity contribution in [2.75, 3.05) is 21.2 Å². The number of halogens is 1. The number of ether oxygens (including phenoxy) is 1. The second-order valence-corrected chi connectivity index (χ2v) is 6.63. The zero-order valence-electron chi connectivity index (χ0n) is 15.7. The van der Waals surface area contributed by atoms with Gasteiger partial charge in [0.05, 0.1) is 36.2 Å². The number of aromatic amines is 1. The van der Waals surface area contributed by atoms with Gasteiger partial charge in [0.1, 0.15) is 5.82 Å². The van der Waals surface area contributed by atoms with E-state index in [1.165, 1.54) is 37.4 Å². The summed E-state index contributed by atoms with van der Waals surface area (Å²) in [6, 6.07) is 10.0. The molecular formula is C20H20FN3O4. The number of carbonyl (C=O) groups excluding carboxylic acids is 1. The van der Waals surface area contributed by atoms with Crippen LogP contribution in [0.3, 0.4) is 0 Å². The molecule has 28 heavy (non-hydrogen) atoms. The first-order valence-corrected chi connectivity index (χ1v) is 8.59. The van der Waals surface area contributed by atoms with E-state index in [4.69, 9.17) is 0 Å². The van der Waals surface area contributed by atoms with E-state index in [2.05, 4.69) is 9.72 Å². The number of carbonyl (C=O) groups is 1. The number of H-pyrrole nitrogens is 1.